The summed E-state index contributed by atoms with van der Waals surface area (Å²) in [6.45, 7) is -3.11. The Morgan fingerprint density at radius 1 is 1.41 bits per heavy atom. The van der Waals surface area contributed by atoms with Gasteiger partial charge in [-0.2, -0.15) is 8.78 Å². The molecule has 4 nitrogen and oxygen atoms in total. The number of amides is 1. The highest BCUT2D eigenvalue weighted by Gasteiger charge is 2.14. The van der Waals surface area contributed by atoms with Crippen molar-refractivity contribution in [1.29, 1.82) is 0 Å². The Labute approximate surface area is 93.3 Å². The zero-order valence-corrected chi connectivity index (χ0v) is 8.34. The number of nitrogens with one attached hydrogen (secondary N) is 2. The Balaban J connectivity index is 2.29. The van der Waals surface area contributed by atoms with Gasteiger partial charge in [0, 0.05) is 17.1 Å². The predicted molar refractivity (Wildman–Crippen MR) is 52.8 cm³/mol. The molecule has 2 rings (SSSR count). The average molecular weight is 244 g/mol. The van der Waals surface area contributed by atoms with E-state index in [0.29, 0.717) is 10.9 Å². The van der Waals surface area contributed by atoms with Gasteiger partial charge >= 0.3 is 6.61 Å². The van der Waals surface area contributed by atoms with Gasteiger partial charge in [0.05, 0.1) is 5.56 Å². The molecule has 2 N–H and O–H groups in total. The van der Waals surface area contributed by atoms with E-state index < -0.39 is 18.3 Å². The summed E-state index contributed by atoms with van der Waals surface area (Å²) < 4.78 is 36.4. The predicted octanol–water partition coefficient (Wildman–Crippen LogP) is 2.19. The van der Waals surface area contributed by atoms with E-state index >= 15 is 0 Å². The molecule has 0 aliphatic carbocycles. The highest BCUT2D eigenvalue weighted by atomic mass is 19.3. The number of hydrogen-bond donors (Lipinski definition) is 2. The summed E-state index contributed by atoms with van der Waals surface area (Å²) >= 11 is 0. The number of rotatable bonds is 3. The number of halogens is 3. The second kappa shape index (κ2) is 4.46. The van der Waals surface area contributed by atoms with Gasteiger partial charge in [0.1, 0.15) is 5.82 Å². The Morgan fingerprint density at radius 2 is 2.18 bits per heavy atom. The maximum absolute atomic E-state index is 13.0. The summed E-state index contributed by atoms with van der Waals surface area (Å²) in [5.74, 6) is -1.40. The molecule has 0 saturated heterocycles. The van der Waals surface area contributed by atoms with Gasteiger partial charge in [0.15, 0.2) is 0 Å². The van der Waals surface area contributed by atoms with Crippen molar-refractivity contribution in [2.45, 2.75) is 6.61 Å². The van der Waals surface area contributed by atoms with Gasteiger partial charge in [0.25, 0.3) is 5.91 Å². The van der Waals surface area contributed by atoms with Gasteiger partial charge in [0.2, 0.25) is 0 Å². The van der Waals surface area contributed by atoms with Crippen LogP contribution in [-0.4, -0.2) is 17.5 Å². The lowest BCUT2D eigenvalue weighted by Crippen LogP contribution is -2.25. The molecule has 1 aromatic carbocycles. The van der Waals surface area contributed by atoms with E-state index in [1.807, 2.05) is 0 Å². The standard InChI is InChI=1S/C10H7F3N2O2/c11-5-1-2-8-6(3-5)7(4-14-8)9(16)15-17-10(12)13/h1-4,10,14H,(H,15,16). The molecule has 1 amide bonds. The lowest BCUT2D eigenvalue weighted by atomic mass is 10.1. The van der Waals surface area contributed by atoms with Crippen LogP contribution in [0.2, 0.25) is 0 Å². The van der Waals surface area contributed by atoms with Crippen LogP contribution < -0.4 is 5.48 Å². The fourth-order valence-corrected chi connectivity index (χ4v) is 1.43. The largest absolute Gasteiger partial charge is 0.364 e. The first-order valence-corrected chi connectivity index (χ1v) is 4.58. The number of hydroxylamine groups is 1. The number of aromatic amines is 1. The fourth-order valence-electron chi connectivity index (χ4n) is 1.43. The molecule has 7 heteroatoms. The molecule has 1 aromatic heterocycles. The SMILES string of the molecule is O=C(NOC(F)F)c1c[nH]c2ccc(F)cc12. The molecule has 0 aliphatic heterocycles. The minimum absolute atomic E-state index is 0.0279. The van der Waals surface area contributed by atoms with E-state index in [2.05, 4.69) is 9.82 Å². The molecule has 0 unspecified atom stereocenters. The number of hydrogen-bond acceptors (Lipinski definition) is 2. The molecular formula is C10H7F3N2O2. The molecule has 0 saturated carbocycles. The lowest BCUT2D eigenvalue weighted by Gasteiger charge is -2.03. The Hall–Kier alpha value is -2.02. The van der Waals surface area contributed by atoms with Gasteiger partial charge in [-0.1, -0.05) is 0 Å². The third kappa shape index (κ3) is 2.39. The number of H-pyrrole nitrogens is 1. The van der Waals surface area contributed by atoms with Crippen LogP contribution in [0.3, 0.4) is 0 Å². The summed E-state index contributed by atoms with van der Waals surface area (Å²) in [4.78, 5) is 17.8. The van der Waals surface area contributed by atoms with Gasteiger partial charge in [-0.05, 0) is 18.2 Å². The van der Waals surface area contributed by atoms with E-state index in [1.165, 1.54) is 18.3 Å². The summed E-state index contributed by atoms with van der Waals surface area (Å²) in [6, 6.07) is 3.79. The molecule has 0 aliphatic rings. The molecular weight excluding hydrogens is 237 g/mol. The third-order valence-electron chi connectivity index (χ3n) is 2.13. The van der Waals surface area contributed by atoms with Crippen LogP contribution in [0.5, 0.6) is 0 Å². The molecule has 90 valence electrons. The van der Waals surface area contributed by atoms with Crippen molar-refractivity contribution in [3.8, 4) is 0 Å². The maximum atomic E-state index is 13.0. The fraction of sp³-hybridized carbons (Fsp3) is 0.100. The summed E-state index contributed by atoms with van der Waals surface area (Å²) in [5.41, 5.74) is 2.11. The van der Waals surface area contributed by atoms with Crippen LogP contribution in [0, 0.1) is 5.82 Å². The van der Waals surface area contributed by atoms with Crippen molar-refractivity contribution < 1.29 is 22.8 Å². The zero-order chi connectivity index (χ0) is 12.4. The van der Waals surface area contributed by atoms with Gasteiger partial charge in [-0.25, -0.2) is 14.7 Å². The van der Waals surface area contributed by atoms with Crippen molar-refractivity contribution in [2.75, 3.05) is 0 Å². The van der Waals surface area contributed by atoms with Crippen LogP contribution in [0.1, 0.15) is 10.4 Å². The summed E-state index contributed by atoms with van der Waals surface area (Å²) in [5, 5.41) is 0.292. The highest BCUT2D eigenvalue weighted by molar-refractivity contribution is 6.06. The number of carbonyl (C=O) groups is 1. The van der Waals surface area contributed by atoms with E-state index in [1.54, 1.807) is 5.48 Å². The number of fused-ring (bicyclic) bond motifs is 1. The summed E-state index contributed by atoms with van der Waals surface area (Å²) in [7, 11) is 0. The second-order valence-corrected chi connectivity index (χ2v) is 3.20. The Kier molecular flexibility index (Phi) is 3.01. The molecule has 0 bridgehead atoms. The molecule has 17 heavy (non-hydrogen) atoms. The molecule has 0 radical (unpaired) electrons. The highest BCUT2D eigenvalue weighted by Crippen LogP contribution is 2.19. The van der Waals surface area contributed by atoms with Gasteiger partial charge in [-0.3, -0.25) is 4.79 Å². The van der Waals surface area contributed by atoms with Crippen LogP contribution in [0.25, 0.3) is 10.9 Å². The minimum Gasteiger partial charge on any atom is -0.360 e. The second-order valence-electron chi connectivity index (χ2n) is 3.20. The van der Waals surface area contributed by atoms with Crippen molar-refractivity contribution in [3.63, 3.8) is 0 Å². The van der Waals surface area contributed by atoms with E-state index in [0.717, 1.165) is 6.07 Å². The lowest BCUT2D eigenvalue weighted by molar-refractivity contribution is -0.160. The number of aromatic nitrogens is 1. The topological polar surface area (TPSA) is 54.1 Å². The number of carbonyl (C=O) groups excluding carboxylic acids is 1. The minimum atomic E-state index is -3.11. The smallest absolute Gasteiger partial charge is 0.360 e. The molecule has 2 aromatic rings. The van der Waals surface area contributed by atoms with Gasteiger partial charge < -0.3 is 4.98 Å². The van der Waals surface area contributed by atoms with Crippen molar-refractivity contribution in [3.05, 3.63) is 35.8 Å². The van der Waals surface area contributed by atoms with Crippen LogP contribution in [0.4, 0.5) is 13.2 Å². The molecule has 0 spiro atoms. The quantitative estimate of drug-likeness (QED) is 0.813. The van der Waals surface area contributed by atoms with E-state index in [9.17, 15) is 18.0 Å². The zero-order valence-electron chi connectivity index (χ0n) is 8.34. The first-order chi connectivity index (χ1) is 8.08. The normalized spacial score (nSPS) is 11.1. The average Bonchev–Trinajstić information content (AvgIpc) is 2.68. The van der Waals surface area contributed by atoms with E-state index in [-0.39, 0.29) is 5.56 Å². The molecule has 0 fully saturated rings. The Morgan fingerprint density at radius 3 is 2.88 bits per heavy atom. The van der Waals surface area contributed by atoms with Crippen LogP contribution in [-0.2, 0) is 4.84 Å². The molecule has 1 heterocycles. The monoisotopic (exact) mass is 244 g/mol. The number of alkyl halides is 2. The van der Waals surface area contributed by atoms with Gasteiger partial charge in [-0.15, -0.1) is 0 Å². The Bertz CT molecular complexity index is 553. The van der Waals surface area contributed by atoms with Crippen molar-refractivity contribution in [2.24, 2.45) is 0 Å². The van der Waals surface area contributed by atoms with Crippen LogP contribution >= 0.6 is 0 Å². The first kappa shape index (κ1) is 11.5. The van der Waals surface area contributed by atoms with E-state index in [4.69, 9.17) is 0 Å². The van der Waals surface area contributed by atoms with Crippen molar-refractivity contribution >= 4 is 16.8 Å². The molecule has 0 atom stereocenters. The maximum Gasteiger partial charge on any atom is 0.364 e. The van der Waals surface area contributed by atoms with Crippen molar-refractivity contribution in [1.82, 2.24) is 10.5 Å². The summed E-state index contributed by atoms with van der Waals surface area (Å²) in [6.07, 6.45) is 1.29. The third-order valence-corrected chi connectivity index (χ3v) is 2.13. The number of benzene rings is 1. The first-order valence-electron chi connectivity index (χ1n) is 4.58. The van der Waals surface area contributed by atoms with Crippen LogP contribution in [0.15, 0.2) is 24.4 Å².